The molecule has 1 aromatic rings. The highest BCUT2D eigenvalue weighted by molar-refractivity contribution is 5.45. The highest BCUT2D eigenvalue weighted by Crippen LogP contribution is 2.50. The first-order chi connectivity index (χ1) is 7.67. The van der Waals surface area contributed by atoms with E-state index in [1.165, 1.54) is 5.56 Å². The summed E-state index contributed by atoms with van der Waals surface area (Å²) in [5.74, 6) is 2.38. The van der Waals surface area contributed by atoms with Crippen LogP contribution in [0.5, 0.6) is 11.5 Å². The third kappa shape index (κ3) is 2.00. The topological polar surface area (TPSA) is 38.7 Å². The van der Waals surface area contributed by atoms with Gasteiger partial charge in [-0.15, -0.1) is 0 Å². The number of ether oxygens (including phenoxy) is 2. The largest absolute Gasteiger partial charge is 0.493 e. The predicted molar refractivity (Wildman–Crippen MR) is 62.1 cm³/mol. The molecule has 0 amide bonds. The third-order valence-electron chi connectivity index (χ3n) is 3.30. The van der Waals surface area contributed by atoms with Gasteiger partial charge in [-0.2, -0.15) is 0 Å². The first-order valence-corrected chi connectivity index (χ1v) is 5.57. The van der Waals surface area contributed by atoms with E-state index in [-0.39, 0.29) is 6.10 Å². The second-order valence-corrected chi connectivity index (χ2v) is 4.36. The van der Waals surface area contributed by atoms with Crippen LogP contribution in [0.1, 0.15) is 24.8 Å². The number of hydrogen-bond acceptors (Lipinski definition) is 3. The molecule has 88 valence electrons. The number of aliphatic hydroxyl groups excluding tert-OH is 1. The fourth-order valence-electron chi connectivity index (χ4n) is 2.21. The van der Waals surface area contributed by atoms with Crippen molar-refractivity contribution in [3.05, 3.63) is 23.8 Å². The second kappa shape index (κ2) is 4.34. The van der Waals surface area contributed by atoms with Crippen LogP contribution in [0.25, 0.3) is 0 Å². The summed E-state index contributed by atoms with van der Waals surface area (Å²) < 4.78 is 10.5. The Morgan fingerprint density at radius 3 is 2.44 bits per heavy atom. The molecule has 1 fully saturated rings. The van der Waals surface area contributed by atoms with E-state index in [9.17, 15) is 5.11 Å². The van der Waals surface area contributed by atoms with Crippen molar-refractivity contribution in [2.45, 2.75) is 25.4 Å². The maximum atomic E-state index is 9.50. The van der Waals surface area contributed by atoms with Gasteiger partial charge in [0.2, 0.25) is 0 Å². The molecule has 0 unspecified atom stereocenters. The zero-order chi connectivity index (χ0) is 11.7. The van der Waals surface area contributed by atoms with E-state index >= 15 is 0 Å². The van der Waals surface area contributed by atoms with Gasteiger partial charge in [0.1, 0.15) is 0 Å². The molecular formula is C13H18O3. The molecular weight excluding hydrogens is 204 g/mol. The Labute approximate surface area is 96.0 Å². The molecule has 1 aromatic carbocycles. The standard InChI is InChI=1S/C13H18O3/c1-8(14)10-7-11(10)9-4-5-12(15-2)13(6-9)16-3/h4-6,8,10-11,14H,7H2,1-3H3/t8-,10+,11-/m0/s1. The maximum Gasteiger partial charge on any atom is 0.160 e. The van der Waals surface area contributed by atoms with Crippen LogP contribution in [0.4, 0.5) is 0 Å². The maximum absolute atomic E-state index is 9.50. The highest BCUT2D eigenvalue weighted by Gasteiger charge is 2.41. The van der Waals surface area contributed by atoms with Crippen LogP contribution >= 0.6 is 0 Å². The summed E-state index contributed by atoms with van der Waals surface area (Å²) in [4.78, 5) is 0. The van der Waals surface area contributed by atoms with E-state index in [2.05, 4.69) is 6.07 Å². The Morgan fingerprint density at radius 2 is 1.94 bits per heavy atom. The van der Waals surface area contributed by atoms with Crippen molar-refractivity contribution in [3.63, 3.8) is 0 Å². The van der Waals surface area contributed by atoms with Crippen LogP contribution in [-0.2, 0) is 0 Å². The van der Waals surface area contributed by atoms with Gasteiger partial charge in [0.05, 0.1) is 20.3 Å². The lowest BCUT2D eigenvalue weighted by Gasteiger charge is -2.09. The molecule has 3 atom stereocenters. The van der Waals surface area contributed by atoms with Crippen molar-refractivity contribution in [2.24, 2.45) is 5.92 Å². The van der Waals surface area contributed by atoms with Crippen LogP contribution < -0.4 is 9.47 Å². The highest BCUT2D eigenvalue weighted by atomic mass is 16.5. The number of benzene rings is 1. The average Bonchev–Trinajstić information content (AvgIpc) is 3.08. The molecule has 0 spiro atoms. The monoisotopic (exact) mass is 222 g/mol. The first kappa shape index (κ1) is 11.3. The van der Waals surface area contributed by atoms with Gasteiger partial charge in [0, 0.05) is 0 Å². The van der Waals surface area contributed by atoms with E-state index in [0.717, 1.165) is 17.9 Å². The summed E-state index contributed by atoms with van der Waals surface area (Å²) in [5.41, 5.74) is 1.23. The number of methoxy groups -OCH3 is 2. The molecule has 0 aromatic heterocycles. The van der Waals surface area contributed by atoms with Crippen molar-refractivity contribution in [1.29, 1.82) is 0 Å². The molecule has 1 aliphatic carbocycles. The molecule has 0 aliphatic heterocycles. The van der Waals surface area contributed by atoms with Gasteiger partial charge in [-0.25, -0.2) is 0 Å². The second-order valence-electron chi connectivity index (χ2n) is 4.36. The number of aliphatic hydroxyl groups is 1. The minimum atomic E-state index is -0.224. The smallest absolute Gasteiger partial charge is 0.160 e. The van der Waals surface area contributed by atoms with Gasteiger partial charge in [0.15, 0.2) is 11.5 Å². The van der Waals surface area contributed by atoms with E-state index < -0.39 is 0 Å². The molecule has 1 saturated carbocycles. The summed E-state index contributed by atoms with van der Waals surface area (Å²) in [5, 5.41) is 9.50. The summed E-state index contributed by atoms with van der Waals surface area (Å²) in [6.45, 7) is 1.85. The van der Waals surface area contributed by atoms with Crippen LogP contribution in [-0.4, -0.2) is 25.4 Å². The molecule has 0 bridgehead atoms. The van der Waals surface area contributed by atoms with E-state index in [4.69, 9.17) is 9.47 Å². The summed E-state index contributed by atoms with van der Waals surface area (Å²) in [6, 6.07) is 5.98. The van der Waals surface area contributed by atoms with E-state index in [1.807, 2.05) is 19.1 Å². The van der Waals surface area contributed by atoms with Crippen molar-refractivity contribution in [1.82, 2.24) is 0 Å². The number of rotatable bonds is 4. The summed E-state index contributed by atoms with van der Waals surface area (Å²) in [6.07, 6.45) is 0.839. The molecule has 0 saturated heterocycles. The molecule has 2 rings (SSSR count). The third-order valence-corrected chi connectivity index (χ3v) is 3.30. The van der Waals surface area contributed by atoms with Crippen molar-refractivity contribution >= 4 is 0 Å². The van der Waals surface area contributed by atoms with Gasteiger partial charge < -0.3 is 14.6 Å². The molecule has 1 N–H and O–H groups in total. The lowest BCUT2D eigenvalue weighted by molar-refractivity contribution is 0.169. The molecule has 0 radical (unpaired) electrons. The Morgan fingerprint density at radius 1 is 1.25 bits per heavy atom. The molecule has 16 heavy (non-hydrogen) atoms. The Bertz CT molecular complexity index is 373. The Hall–Kier alpha value is -1.22. The van der Waals surface area contributed by atoms with Gasteiger partial charge in [-0.3, -0.25) is 0 Å². The SMILES string of the molecule is COc1ccc([C@@H]2C[C@@H]2[C@H](C)O)cc1OC. The minimum absolute atomic E-state index is 0.224. The normalized spacial score (nSPS) is 25.0. The van der Waals surface area contributed by atoms with Crippen LogP contribution in [0.3, 0.4) is 0 Å². The quantitative estimate of drug-likeness (QED) is 0.848. The summed E-state index contributed by atoms with van der Waals surface area (Å²) >= 11 is 0. The lowest BCUT2D eigenvalue weighted by Crippen LogP contribution is -2.03. The van der Waals surface area contributed by atoms with Gasteiger partial charge in [-0.1, -0.05) is 6.07 Å². The summed E-state index contributed by atoms with van der Waals surface area (Å²) in [7, 11) is 3.27. The van der Waals surface area contributed by atoms with Crippen molar-refractivity contribution < 1.29 is 14.6 Å². The molecule has 0 heterocycles. The first-order valence-electron chi connectivity index (χ1n) is 5.57. The van der Waals surface area contributed by atoms with Crippen molar-refractivity contribution in [3.8, 4) is 11.5 Å². The van der Waals surface area contributed by atoms with Crippen LogP contribution in [0.15, 0.2) is 18.2 Å². The lowest BCUT2D eigenvalue weighted by atomic mass is 10.1. The Kier molecular flexibility index (Phi) is 3.06. The van der Waals surface area contributed by atoms with E-state index in [1.54, 1.807) is 14.2 Å². The van der Waals surface area contributed by atoms with E-state index in [0.29, 0.717) is 11.8 Å². The zero-order valence-electron chi connectivity index (χ0n) is 9.93. The van der Waals surface area contributed by atoms with Crippen molar-refractivity contribution in [2.75, 3.05) is 14.2 Å². The number of hydrogen-bond donors (Lipinski definition) is 1. The van der Waals surface area contributed by atoms with Gasteiger partial charge in [0.25, 0.3) is 0 Å². The van der Waals surface area contributed by atoms with Crippen LogP contribution in [0, 0.1) is 5.92 Å². The van der Waals surface area contributed by atoms with Gasteiger partial charge in [-0.05, 0) is 42.9 Å². The average molecular weight is 222 g/mol. The zero-order valence-corrected chi connectivity index (χ0v) is 9.93. The van der Waals surface area contributed by atoms with Gasteiger partial charge >= 0.3 is 0 Å². The predicted octanol–water partition coefficient (Wildman–Crippen LogP) is 2.19. The minimum Gasteiger partial charge on any atom is -0.493 e. The molecule has 3 heteroatoms. The fraction of sp³-hybridized carbons (Fsp3) is 0.538. The molecule has 3 nitrogen and oxygen atoms in total. The fourth-order valence-corrected chi connectivity index (χ4v) is 2.21. The Balaban J connectivity index is 2.18. The van der Waals surface area contributed by atoms with Crippen LogP contribution in [0.2, 0.25) is 0 Å². The molecule has 1 aliphatic rings.